The van der Waals surface area contributed by atoms with E-state index in [-0.39, 0.29) is 24.8 Å². The monoisotopic (exact) mass is 474 g/mol. The summed E-state index contributed by atoms with van der Waals surface area (Å²) < 4.78 is 6.57. The summed E-state index contributed by atoms with van der Waals surface area (Å²) in [5.41, 5.74) is 4.51. The molecule has 0 radical (unpaired) electrons. The number of nitrogens with zero attached hydrogens (tertiary/aromatic N) is 2. The minimum atomic E-state index is -0.246. The predicted octanol–water partition coefficient (Wildman–Crippen LogP) is 4.96. The first-order valence-electron chi connectivity index (χ1n) is 10.6. The quantitative estimate of drug-likeness (QED) is 0.378. The molecule has 4 aromatic rings. The molecule has 2 N–H and O–H groups in total. The standard InChI is InChI=1S/C26H23ClN4O3/c1-34-17-25(33)29-22-13-11-21(12-14-22)28-24(32)15-19-16-31(23-5-3-2-4-6-23)30-26(19)18-7-9-20(27)10-8-18/h2-14,16H,15,17H2,1H3,(H,28,32)(H,29,33). The number of methoxy groups -OCH3 is 1. The molecule has 8 heteroatoms. The van der Waals surface area contributed by atoms with Gasteiger partial charge in [0, 0.05) is 40.8 Å². The Kier molecular flexibility index (Phi) is 7.37. The number of benzene rings is 3. The van der Waals surface area contributed by atoms with Crippen LogP contribution in [0.2, 0.25) is 5.02 Å². The summed E-state index contributed by atoms with van der Waals surface area (Å²) >= 11 is 6.05. The third-order valence-corrected chi connectivity index (χ3v) is 5.26. The van der Waals surface area contributed by atoms with Crippen molar-refractivity contribution in [2.24, 2.45) is 0 Å². The van der Waals surface area contributed by atoms with E-state index in [4.69, 9.17) is 21.4 Å². The second-order valence-electron chi connectivity index (χ2n) is 7.57. The Balaban J connectivity index is 1.52. The third-order valence-electron chi connectivity index (χ3n) is 5.01. The summed E-state index contributed by atoms with van der Waals surface area (Å²) in [5.74, 6) is -0.427. The zero-order valence-electron chi connectivity index (χ0n) is 18.5. The van der Waals surface area contributed by atoms with Crippen molar-refractivity contribution in [2.75, 3.05) is 24.4 Å². The van der Waals surface area contributed by atoms with Gasteiger partial charge in [-0.1, -0.05) is 41.9 Å². The zero-order valence-corrected chi connectivity index (χ0v) is 19.3. The highest BCUT2D eigenvalue weighted by atomic mass is 35.5. The molecule has 1 heterocycles. The topological polar surface area (TPSA) is 85.3 Å². The molecule has 4 rings (SSSR count). The SMILES string of the molecule is COCC(=O)Nc1ccc(NC(=O)Cc2cn(-c3ccccc3)nc2-c2ccc(Cl)cc2)cc1. The molecule has 0 fully saturated rings. The van der Waals surface area contributed by atoms with E-state index < -0.39 is 0 Å². The summed E-state index contributed by atoms with van der Waals surface area (Å²) in [7, 11) is 1.46. The van der Waals surface area contributed by atoms with E-state index in [0.29, 0.717) is 22.1 Å². The van der Waals surface area contributed by atoms with Gasteiger partial charge in [0.2, 0.25) is 11.8 Å². The lowest BCUT2D eigenvalue weighted by molar-refractivity contribution is -0.119. The number of ether oxygens (including phenoxy) is 1. The Morgan fingerprint density at radius 3 is 2.12 bits per heavy atom. The van der Waals surface area contributed by atoms with E-state index >= 15 is 0 Å². The fourth-order valence-electron chi connectivity index (χ4n) is 3.45. The largest absolute Gasteiger partial charge is 0.375 e. The lowest BCUT2D eigenvalue weighted by atomic mass is 10.1. The maximum Gasteiger partial charge on any atom is 0.250 e. The molecule has 0 spiro atoms. The molecule has 34 heavy (non-hydrogen) atoms. The molecule has 0 bridgehead atoms. The maximum absolute atomic E-state index is 12.9. The average Bonchev–Trinajstić information content (AvgIpc) is 3.25. The number of aromatic nitrogens is 2. The molecule has 0 aliphatic rings. The van der Waals surface area contributed by atoms with Gasteiger partial charge in [-0.3, -0.25) is 9.59 Å². The van der Waals surface area contributed by atoms with Gasteiger partial charge < -0.3 is 15.4 Å². The zero-order chi connectivity index (χ0) is 23.9. The first kappa shape index (κ1) is 23.2. The van der Waals surface area contributed by atoms with Crippen LogP contribution in [0.25, 0.3) is 16.9 Å². The number of hydrogen-bond donors (Lipinski definition) is 2. The molecular formula is C26H23ClN4O3. The predicted molar refractivity (Wildman–Crippen MR) is 133 cm³/mol. The van der Waals surface area contributed by atoms with E-state index in [2.05, 4.69) is 10.6 Å². The number of rotatable bonds is 8. The van der Waals surface area contributed by atoms with Gasteiger partial charge in [0.15, 0.2) is 0 Å². The minimum Gasteiger partial charge on any atom is -0.375 e. The molecule has 0 unspecified atom stereocenters. The summed E-state index contributed by atoms with van der Waals surface area (Å²) in [6, 6.07) is 24.0. The fourth-order valence-corrected chi connectivity index (χ4v) is 3.57. The second-order valence-corrected chi connectivity index (χ2v) is 8.01. The molecule has 2 amide bonds. The van der Waals surface area contributed by atoms with Crippen LogP contribution in [0.15, 0.2) is 85.1 Å². The Morgan fingerprint density at radius 1 is 0.882 bits per heavy atom. The van der Waals surface area contributed by atoms with E-state index in [1.54, 1.807) is 41.1 Å². The van der Waals surface area contributed by atoms with Gasteiger partial charge in [0.05, 0.1) is 17.8 Å². The van der Waals surface area contributed by atoms with Gasteiger partial charge >= 0.3 is 0 Å². The lowest BCUT2D eigenvalue weighted by Gasteiger charge is -2.08. The first-order valence-corrected chi connectivity index (χ1v) is 11.0. The number of para-hydroxylation sites is 1. The number of hydrogen-bond acceptors (Lipinski definition) is 4. The lowest BCUT2D eigenvalue weighted by Crippen LogP contribution is -2.17. The summed E-state index contributed by atoms with van der Waals surface area (Å²) in [6.07, 6.45) is 2.00. The van der Waals surface area contributed by atoms with E-state index in [1.807, 2.05) is 48.7 Å². The Morgan fingerprint density at radius 2 is 1.50 bits per heavy atom. The van der Waals surface area contributed by atoms with Crippen LogP contribution >= 0.6 is 11.6 Å². The number of nitrogens with one attached hydrogen (secondary N) is 2. The van der Waals surface area contributed by atoms with Gasteiger partial charge in [-0.25, -0.2) is 4.68 Å². The molecule has 172 valence electrons. The van der Waals surface area contributed by atoms with Gasteiger partial charge in [0.1, 0.15) is 6.61 Å². The number of amides is 2. The van der Waals surface area contributed by atoms with Gasteiger partial charge in [-0.2, -0.15) is 5.10 Å². The smallest absolute Gasteiger partial charge is 0.250 e. The highest BCUT2D eigenvalue weighted by Crippen LogP contribution is 2.26. The second kappa shape index (κ2) is 10.8. The highest BCUT2D eigenvalue weighted by Gasteiger charge is 2.16. The third kappa shape index (κ3) is 5.89. The van der Waals surface area contributed by atoms with Crippen LogP contribution in [-0.4, -0.2) is 35.3 Å². The van der Waals surface area contributed by atoms with Crippen molar-refractivity contribution in [2.45, 2.75) is 6.42 Å². The Bertz CT molecular complexity index is 1270. The molecule has 7 nitrogen and oxygen atoms in total. The van der Waals surface area contributed by atoms with Crippen LogP contribution in [0, 0.1) is 0 Å². The number of carbonyl (C=O) groups excluding carboxylic acids is 2. The maximum atomic E-state index is 12.9. The Labute approximate surface area is 202 Å². The minimum absolute atomic E-state index is 0.0227. The van der Waals surface area contributed by atoms with Crippen molar-refractivity contribution in [3.63, 3.8) is 0 Å². The van der Waals surface area contributed by atoms with E-state index in [0.717, 1.165) is 16.8 Å². The fraction of sp³-hybridized carbons (Fsp3) is 0.115. The summed E-state index contributed by atoms with van der Waals surface area (Å²) in [4.78, 5) is 24.5. The normalized spacial score (nSPS) is 10.6. The van der Waals surface area contributed by atoms with Crippen molar-refractivity contribution in [3.8, 4) is 16.9 Å². The average molecular weight is 475 g/mol. The van der Waals surface area contributed by atoms with Crippen LogP contribution in [0.4, 0.5) is 11.4 Å². The van der Waals surface area contributed by atoms with Crippen LogP contribution in [0.1, 0.15) is 5.56 Å². The van der Waals surface area contributed by atoms with E-state index in [1.165, 1.54) is 7.11 Å². The molecule has 0 saturated carbocycles. The number of anilines is 2. The van der Waals surface area contributed by atoms with Gasteiger partial charge in [-0.05, 0) is 48.5 Å². The first-order chi connectivity index (χ1) is 16.5. The van der Waals surface area contributed by atoms with Crippen molar-refractivity contribution in [1.29, 1.82) is 0 Å². The van der Waals surface area contributed by atoms with Gasteiger partial charge in [-0.15, -0.1) is 0 Å². The van der Waals surface area contributed by atoms with Crippen molar-refractivity contribution >= 4 is 34.8 Å². The molecule has 0 atom stereocenters. The highest BCUT2D eigenvalue weighted by molar-refractivity contribution is 6.30. The summed E-state index contributed by atoms with van der Waals surface area (Å²) in [6.45, 7) is -0.0227. The Hall–Kier alpha value is -3.94. The molecular weight excluding hydrogens is 452 g/mol. The van der Waals surface area contributed by atoms with Crippen molar-refractivity contribution < 1.29 is 14.3 Å². The van der Waals surface area contributed by atoms with Crippen molar-refractivity contribution in [3.05, 3.63) is 95.6 Å². The molecule has 3 aromatic carbocycles. The van der Waals surface area contributed by atoms with Gasteiger partial charge in [0.25, 0.3) is 0 Å². The van der Waals surface area contributed by atoms with Crippen LogP contribution in [0.5, 0.6) is 0 Å². The van der Waals surface area contributed by atoms with Crippen LogP contribution < -0.4 is 10.6 Å². The van der Waals surface area contributed by atoms with Crippen LogP contribution in [0.3, 0.4) is 0 Å². The number of carbonyl (C=O) groups is 2. The van der Waals surface area contributed by atoms with E-state index in [9.17, 15) is 9.59 Å². The summed E-state index contributed by atoms with van der Waals surface area (Å²) in [5, 5.41) is 11.0. The van der Waals surface area contributed by atoms with Crippen LogP contribution in [-0.2, 0) is 20.7 Å². The molecule has 0 saturated heterocycles. The van der Waals surface area contributed by atoms with Crippen molar-refractivity contribution in [1.82, 2.24) is 9.78 Å². The number of halogens is 1. The molecule has 1 aromatic heterocycles. The molecule has 0 aliphatic carbocycles. The molecule has 0 aliphatic heterocycles.